The van der Waals surface area contributed by atoms with E-state index in [-0.39, 0.29) is 5.56 Å². The van der Waals surface area contributed by atoms with E-state index in [4.69, 9.17) is 0 Å². The Morgan fingerprint density at radius 3 is 2.68 bits per heavy atom. The van der Waals surface area contributed by atoms with Gasteiger partial charge in [-0.2, -0.15) is 0 Å². The fourth-order valence-electron chi connectivity index (χ4n) is 2.10. The predicted molar refractivity (Wildman–Crippen MR) is 76.9 cm³/mol. The zero-order valence-electron chi connectivity index (χ0n) is 11.4. The number of unbranched alkanes of at least 4 members (excludes halogenated alkanes) is 2. The third-order valence-electron chi connectivity index (χ3n) is 3.14. The van der Waals surface area contributed by atoms with Gasteiger partial charge >= 0.3 is 5.69 Å². The van der Waals surface area contributed by atoms with E-state index in [0.29, 0.717) is 11.2 Å². The molecule has 2 rings (SSSR count). The summed E-state index contributed by atoms with van der Waals surface area (Å²) in [6, 6.07) is 0. The maximum Gasteiger partial charge on any atom is 0.329 e. The van der Waals surface area contributed by atoms with Crippen molar-refractivity contribution < 1.29 is 0 Å². The van der Waals surface area contributed by atoms with Gasteiger partial charge in [-0.25, -0.2) is 9.78 Å². The standard InChI is InChI=1S/C12H18N4O2S/c1-4-5-6-7-16-8-9(13-12(16)19-3)15(2)11(18)14-10(8)17/h4-7H2,1-3H3,(H,14,17,18). The molecule has 0 atom stereocenters. The molecule has 0 bridgehead atoms. The number of H-pyrrole nitrogens is 1. The SMILES string of the molecule is CCCCCn1c(SC)nc2c1c(=O)[nH]c(=O)n2C. The van der Waals surface area contributed by atoms with Crippen LogP contribution in [0.15, 0.2) is 14.7 Å². The van der Waals surface area contributed by atoms with Gasteiger partial charge in [-0.3, -0.25) is 14.3 Å². The summed E-state index contributed by atoms with van der Waals surface area (Å²) in [5.74, 6) is 0. The molecule has 0 saturated heterocycles. The Bertz CT molecular complexity index is 698. The number of aromatic amines is 1. The Labute approximate surface area is 114 Å². The molecule has 2 aromatic rings. The van der Waals surface area contributed by atoms with Crippen molar-refractivity contribution in [3.63, 3.8) is 0 Å². The third-order valence-corrected chi connectivity index (χ3v) is 3.82. The van der Waals surface area contributed by atoms with E-state index < -0.39 is 5.69 Å². The van der Waals surface area contributed by atoms with Crippen LogP contribution >= 0.6 is 11.8 Å². The van der Waals surface area contributed by atoms with Crippen LogP contribution in [0, 0.1) is 0 Å². The molecule has 2 heterocycles. The lowest BCUT2D eigenvalue weighted by atomic mass is 10.2. The number of hydrogen-bond donors (Lipinski definition) is 1. The zero-order chi connectivity index (χ0) is 14.0. The summed E-state index contributed by atoms with van der Waals surface area (Å²) in [5, 5.41) is 0.776. The van der Waals surface area contributed by atoms with E-state index in [0.717, 1.165) is 31.0 Å². The largest absolute Gasteiger partial charge is 0.329 e. The van der Waals surface area contributed by atoms with Crippen molar-refractivity contribution in [1.29, 1.82) is 0 Å². The van der Waals surface area contributed by atoms with E-state index >= 15 is 0 Å². The van der Waals surface area contributed by atoms with Crippen molar-refractivity contribution in [2.45, 2.75) is 37.9 Å². The van der Waals surface area contributed by atoms with E-state index in [1.165, 1.54) is 16.3 Å². The van der Waals surface area contributed by atoms with Crippen molar-refractivity contribution in [2.75, 3.05) is 6.26 Å². The minimum Gasteiger partial charge on any atom is -0.313 e. The number of aromatic nitrogens is 4. The summed E-state index contributed by atoms with van der Waals surface area (Å²) in [6.45, 7) is 2.89. The van der Waals surface area contributed by atoms with Crippen LogP contribution in [0.4, 0.5) is 0 Å². The second-order valence-corrected chi connectivity index (χ2v) is 5.22. The summed E-state index contributed by atoms with van der Waals surface area (Å²) in [7, 11) is 1.62. The highest BCUT2D eigenvalue weighted by atomic mass is 32.2. The summed E-state index contributed by atoms with van der Waals surface area (Å²) in [6.07, 6.45) is 5.15. The topological polar surface area (TPSA) is 72.7 Å². The van der Waals surface area contributed by atoms with Gasteiger partial charge in [0.05, 0.1) is 0 Å². The number of rotatable bonds is 5. The van der Waals surface area contributed by atoms with Crippen LogP contribution in [0.1, 0.15) is 26.2 Å². The Morgan fingerprint density at radius 1 is 1.32 bits per heavy atom. The fraction of sp³-hybridized carbons (Fsp3) is 0.583. The Morgan fingerprint density at radius 2 is 2.05 bits per heavy atom. The molecular formula is C12H18N4O2S. The number of hydrogen-bond acceptors (Lipinski definition) is 4. The molecule has 0 fully saturated rings. The number of aryl methyl sites for hydroxylation is 2. The summed E-state index contributed by atoms with van der Waals surface area (Å²) in [4.78, 5) is 30.3. The summed E-state index contributed by atoms with van der Waals surface area (Å²) in [5.41, 5.74) is 0.155. The lowest BCUT2D eigenvalue weighted by Gasteiger charge is -2.06. The van der Waals surface area contributed by atoms with Gasteiger partial charge in [-0.15, -0.1) is 0 Å². The minimum atomic E-state index is -0.427. The molecule has 0 saturated carbocycles. The third kappa shape index (κ3) is 2.47. The molecule has 19 heavy (non-hydrogen) atoms. The van der Waals surface area contributed by atoms with Crippen molar-refractivity contribution >= 4 is 22.9 Å². The number of thioether (sulfide) groups is 1. The zero-order valence-corrected chi connectivity index (χ0v) is 12.2. The second kappa shape index (κ2) is 5.64. The molecule has 7 heteroatoms. The van der Waals surface area contributed by atoms with Crippen molar-refractivity contribution in [1.82, 2.24) is 19.1 Å². The number of fused-ring (bicyclic) bond motifs is 1. The molecule has 6 nitrogen and oxygen atoms in total. The molecule has 0 radical (unpaired) electrons. The van der Waals surface area contributed by atoms with Crippen LogP contribution in [0.3, 0.4) is 0 Å². The first-order valence-corrected chi connectivity index (χ1v) is 7.56. The normalized spacial score (nSPS) is 11.3. The summed E-state index contributed by atoms with van der Waals surface area (Å²) < 4.78 is 3.29. The van der Waals surface area contributed by atoms with Gasteiger partial charge in [0.2, 0.25) is 0 Å². The van der Waals surface area contributed by atoms with Gasteiger partial charge in [-0.1, -0.05) is 31.5 Å². The fourth-order valence-corrected chi connectivity index (χ4v) is 2.68. The first-order chi connectivity index (χ1) is 9.10. The number of imidazole rings is 1. The molecule has 0 amide bonds. The van der Waals surface area contributed by atoms with Crippen LogP contribution < -0.4 is 11.2 Å². The molecule has 0 unspecified atom stereocenters. The van der Waals surface area contributed by atoms with Crippen molar-refractivity contribution in [3.8, 4) is 0 Å². The Balaban J connectivity index is 2.64. The first kappa shape index (κ1) is 13.9. The number of nitrogens with zero attached hydrogens (tertiary/aromatic N) is 3. The molecule has 104 valence electrons. The molecular weight excluding hydrogens is 264 g/mol. The van der Waals surface area contributed by atoms with Crippen LogP contribution in [-0.4, -0.2) is 25.4 Å². The van der Waals surface area contributed by atoms with Gasteiger partial charge in [0.1, 0.15) is 0 Å². The van der Waals surface area contributed by atoms with E-state index in [2.05, 4.69) is 16.9 Å². The van der Waals surface area contributed by atoms with Crippen LogP contribution in [-0.2, 0) is 13.6 Å². The molecule has 0 aliphatic heterocycles. The van der Waals surface area contributed by atoms with E-state index in [1.807, 2.05) is 10.8 Å². The van der Waals surface area contributed by atoms with Gasteiger partial charge in [0.15, 0.2) is 16.3 Å². The molecule has 0 aliphatic rings. The van der Waals surface area contributed by atoms with Crippen LogP contribution in [0.25, 0.3) is 11.2 Å². The maximum atomic E-state index is 12.0. The van der Waals surface area contributed by atoms with Gasteiger partial charge in [0.25, 0.3) is 5.56 Å². The molecule has 2 aromatic heterocycles. The average Bonchev–Trinajstić information content (AvgIpc) is 2.76. The van der Waals surface area contributed by atoms with E-state index in [9.17, 15) is 9.59 Å². The van der Waals surface area contributed by atoms with Crippen LogP contribution in [0.5, 0.6) is 0 Å². The highest BCUT2D eigenvalue weighted by molar-refractivity contribution is 7.98. The lowest BCUT2D eigenvalue weighted by molar-refractivity contribution is 0.578. The molecule has 0 aliphatic carbocycles. The lowest BCUT2D eigenvalue weighted by Crippen LogP contribution is -2.29. The molecule has 0 spiro atoms. The van der Waals surface area contributed by atoms with Crippen molar-refractivity contribution in [3.05, 3.63) is 20.8 Å². The molecule has 1 N–H and O–H groups in total. The van der Waals surface area contributed by atoms with Crippen molar-refractivity contribution in [2.24, 2.45) is 7.05 Å². The average molecular weight is 282 g/mol. The Hall–Kier alpha value is -1.50. The van der Waals surface area contributed by atoms with E-state index in [1.54, 1.807) is 7.05 Å². The Kier molecular flexibility index (Phi) is 4.14. The smallest absolute Gasteiger partial charge is 0.313 e. The first-order valence-electron chi connectivity index (χ1n) is 6.33. The predicted octanol–water partition coefficient (Wildman–Crippen LogP) is 1.34. The highest BCUT2D eigenvalue weighted by Crippen LogP contribution is 2.19. The maximum absolute atomic E-state index is 12.0. The molecule has 0 aromatic carbocycles. The van der Waals surface area contributed by atoms with Gasteiger partial charge < -0.3 is 4.57 Å². The quantitative estimate of drug-likeness (QED) is 0.663. The highest BCUT2D eigenvalue weighted by Gasteiger charge is 2.16. The minimum absolute atomic E-state index is 0.359. The number of nitrogens with one attached hydrogen (secondary N) is 1. The van der Waals surface area contributed by atoms with Gasteiger partial charge in [0, 0.05) is 13.6 Å². The van der Waals surface area contributed by atoms with Gasteiger partial charge in [-0.05, 0) is 12.7 Å². The summed E-state index contributed by atoms with van der Waals surface area (Å²) >= 11 is 1.49. The monoisotopic (exact) mass is 282 g/mol. The van der Waals surface area contributed by atoms with Crippen LogP contribution in [0.2, 0.25) is 0 Å². The second-order valence-electron chi connectivity index (χ2n) is 4.45.